The van der Waals surface area contributed by atoms with Gasteiger partial charge in [-0.3, -0.25) is 4.89 Å². The van der Waals surface area contributed by atoms with Gasteiger partial charge in [0.25, 0.3) is 0 Å². The van der Waals surface area contributed by atoms with E-state index in [1.807, 2.05) is 0 Å². The van der Waals surface area contributed by atoms with Gasteiger partial charge in [0.05, 0.1) is 6.10 Å². The van der Waals surface area contributed by atoms with Crippen LogP contribution in [0.15, 0.2) is 12.2 Å². The first kappa shape index (κ1) is 10.1. The van der Waals surface area contributed by atoms with Gasteiger partial charge in [-0.15, -0.1) is 0 Å². The van der Waals surface area contributed by atoms with Crippen molar-refractivity contribution >= 4 is 5.97 Å². The lowest BCUT2D eigenvalue weighted by Gasteiger charge is -2.06. The van der Waals surface area contributed by atoms with Gasteiger partial charge in [-0.05, 0) is 6.42 Å². The highest BCUT2D eigenvalue weighted by atomic mass is 17.1. The summed E-state index contributed by atoms with van der Waals surface area (Å²) in [6, 6.07) is 0. The van der Waals surface area contributed by atoms with Crippen LogP contribution in [0.5, 0.6) is 0 Å². The molecular formula is C7H12O4. The standard InChI is InChI=1S/C7H12O4/c1-3-6(8)4-5(2)7(9)11-10/h6,8,10H,2-4H2,1H3. The first-order valence-corrected chi connectivity index (χ1v) is 3.33. The quantitative estimate of drug-likeness (QED) is 0.361. The van der Waals surface area contributed by atoms with Gasteiger partial charge in [-0.25, -0.2) is 4.79 Å². The summed E-state index contributed by atoms with van der Waals surface area (Å²) in [5.74, 6) is -0.891. The molecule has 2 N–H and O–H groups in total. The van der Waals surface area contributed by atoms with Crippen LogP contribution in [0.2, 0.25) is 0 Å². The molecule has 4 nitrogen and oxygen atoms in total. The minimum Gasteiger partial charge on any atom is -0.393 e. The van der Waals surface area contributed by atoms with Crippen LogP contribution in [0.25, 0.3) is 0 Å². The Morgan fingerprint density at radius 1 is 1.73 bits per heavy atom. The lowest BCUT2D eigenvalue weighted by atomic mass is 10.1. The average molecular weight is 160 g/mol. The van der Waals surface area contributed by atoms with Gasteiger partial charge >= 0.3 is 5.97 Å². The fraction of sp³-hybridized carbons (Fsp3) is 0.571. The van der Waals surface area contributed by atoms with Crippen LogP contribution in [0.4, 0.5) is 0 Å². The highest BCUT2D eigenvalue weighted by Gasteiger charge is 2.11. The van der Waals surface area contributed by atoms with Crippen molar-refractivity contribution < 1.29 is 20.0 Å². The number of carbonyl (C=O) groups is 1. The molecule has 0 amide bonds. The Kier molecular flexibility index (Phi) is 4.49. The van der Waals surface area contributed by atoms with E-state index in [9.17, 15) is 4.79 Å². The smallest absolute Gasteiger partial charge is 0.368 e. The predicted molar refractivity (Wildman–Crippen MR) is 38.8 cm³/mol. The third kappa shape index (κ3) is 3.75. The highest BCUT2D eigenvalue weighted by molar-refractivity contribution is 5.87. The van der Waals surface area contributed by atoms with Gasteiger partial charge in [0.15, 0.2) is 0 Å². The van der Waals surface area contributed by atoms with Crippen molar-refractivity contribution in [3.05, 3.63) is 12.2 Å². The van der Waals surface area contributed by atoms with Crippen LogP contribution in [0.1, 0.15) is 19.8 Å². The van der Waals surface area contributed by atoms with E-state index in [4.69, 9.17) is 10.4 Å². The summed E-state index contributed by atoms with van der Waals surface area (Å²) in [5.41, 5.74) is 0.0712. The molecule has 64 valence electrons. The Morgan fingerprint density at radius 3 is 2.64 bits per heavy atom. The molecule has 0 bridgehead atoms. The second-order valence-electron chi connectivity index (χ2n) is 2.25. The van der Waals surface area contributed by atoms with Crippen molar-refractivity contribution in [1.29, 1.82) is 0 Å². The minimum absolute atomic E-state index is 0.0712. The summed E-state index contributed by atoms with van der Waals surface area (Å²) in [6.45, 7) is 5.10. The summed E-state index contributed by atoms with van der Waals surface area (Å²) in [6.07, 6.45) is 0.0785. The zero-order valence-electron chi connectivity index (χ0n) is 6.41. The summed E-state index contributed by atoms with van der Waals surface area (Å²) >= 11 is 0. The van der Waals surface area contributed by atoms with Gasteiger partial charge < -0.3 is 5.11 Å². The Bertz CT molecular complexity index is 153. The fourth-order valence-corrected chi connectivity index (χ4v) is 0.577. The van der Waals surface area contributed by atoms with E-state index in [-0.39, 0.29) is 12.0 Å². The Labute approximate surface area is 65.0 Å². The summed E-state index contributed by atoms with van der Waals surface area (Å²) in [4.78, 5) is 13.9. The molecule has 0 aliphatic heterocycles. The zero-order valence-corrected chi connectivity index (χ0v) is 6.41. The first-order chi connectivity index (χ1) is 5.11. The van der Waals surface area contributed by atoms with E-state index < -0.39 is 12.1 Å². The van der Waals surface area contributed by atoms with Gasteiger partial charge in [0.1, 0.15) is 0 Å². The maximum atomic E-state index is 10.5. The number of aliphatic hydroxyl groups is 1. The van der Waals surface area contributed by atoms with Crippen LogP contribution in [-0.4, -0.2) is 22.4 Å². The zero-order chi connectivity index (χ0) is 8.85. The predicted octanol–water partition coefficient (Wildman–Crippen LogP) is 0.720. The third-order valence-electron chi connectivity index (χ3n) is 1.32. The number of carbonyl (C=O) groups excluding carboxylic acids is 1. The van der Waals surface area contributed by atoms with Crippen molar-refractivity contribution in [3.8, 4) is 0 Å². The largest absolute Gasteiger partial charge is 0.393 e. The van der Waals surface area contributed by atoms with Crippen molar-refractivity contribution in [3.63, 3.8) is 0 Å². The van der Waals surface area contributed by atoms with Crippen LogP contribution in [-0.2, 0) is 9.68 Å². The number of hydrogen-bond donors (Lipinski definition) is 2. The van der Waals surface area contributed by atoms with Crippen molar-refractivity contribution in [2.45, 2.75) is 25.9 Å². The van der Waals surface area contributed by atoms with E-state index in [2.05, 4.69) is 11.5 Å². The van der Waals surface area contributed by atoms with E-state index in [1.165, 1.54) is 0 Å². The summed E-state index contributed by atoms with van der Waals surface area (Å²) in [7, 11) is 0. The number of hydrogen-bond acceptors (Lipinski definition) is 4. The molecule has 11 heavy (non-hydrogen) atoms. The van der Waals surface area contributed by atoms with Crippen molar-refractivity contribution in [2.75, 3.05) is 0 Å². The topological polar surface area (TPSA) is 66.8 Å². The monoisotopic (exact) mass is 160 g/mol. The molecule has 0 aliphatic rings. The van der Waals surface area contributed by atoms with Crippen molar-refractivity contribution in [2.24, 2.45) is 0 Å². The molecule has 0 radical (unpaired) electrons. The second-order valence-corrected chi connectivity index (χ2v) is 2.25. The van der Waals surface area contributed by atoms with Crippen LogP contribution >= 0.6 is 0 Å². The first-order valence-electron chi connectivity index (χ1n) is 3.33. The molecule has 0 spiro atoms. The number of rotatable bonds is 4. The minimum atomic E-state index is -0.891. The lowest BCUT2D eigenvalue weighted by molar-refractivity contribution is -0.229. The molecule has 0 fully saturated rings. The van der Waals surface area contributed by atoms with E-state index >= 15 is 0 Å². The molecule has 0 saturated heterocycles. The maximum Gasteiger partial charge on any atom is 0.368 e. The fourth-order valence-electron chi connectivity index (χ4n) is 0.577. The normalized spacial score (nSPS) is 12.3. The van der Waals surface area contributed by atoms with E-state index in [0.717, 1.165) is 0 Å². The SMILES string of the molecule is C=C(CC(O)CC)C(=O)OO. The van der Waals surface area contributed by atoms with Gasteiger partial charge in [0, 0.05) is 12.0 Å². The Balaban J connectivity index is 3.77. The molecule has 0 rings (SSSR count). The second kappa shape index (κ2) is 4.87. The molecule has 1 atom stereocenters. The molecular weight excluding hydrogens is 148 g/mol. The Morgan fingerprint density at radius 2 is 2.27 bits per heavy atom. The van der Waals surface area contributed by atoms with E-state index in [1.54, 1.807) is 6.92 Å². The van der Waals surface area contributed by atoms with Crippen LogP contribution < -0.4 is 0 Å². The third-order valence-corrected chi connectivity index (χ3v) is 1.32. The summed E-state index contributed by atoms with van der Waals surface area (Å²) in [5, 5.41) is 16.9. The summed E-state index contributed by atoms with van der Waals surface area (Å²) < 4.78 is 0. The highest BCUT2D eigenvalue weighted by Crippen LogP contribution is 2.06. The van der Waals surface area contributed by atoms with Gasteiger partial charge in [0.2, 0.25) is 0 Å². The molecule has 0 saturated carbocycles. The van der Waals surface area contributed by atoms with Gasteiger partial charge in [-0.1, -0.05) is 13.5 Å². The average Bonchev–Trinajstić information content (AvgIpc) is 2.02. The number of aliphatic hydroxyl groups excluding tert-OH is 1. The van der Waals surface area contributed by atoms with Gasteiger partial charge in [-0.2, -0.15) is 5.26 Å². The molecule has 0 heterocycles. The Hall–Kier alpha value is -0.870. The molecule has 1 unspecified atom stereocenters. The van der Waals surface area contributed by atoms with E-state index in [0.29, 0.717) is 6.42 Å². The molecule has 0 aliphatic carbocycles. The van der Waals surface area contributed by atoms with Crippen LogP contribution in [0.3, 0.4) is 0 Å². The molecule has 0 aromatic rings. The van der Waals surface area contributed by atoms with Crippen LogP contribution in [0, 0.1) is 0 Å². The molecule has 0 aromatic carbocycles. The molecule has 0 aromatic heterocycles. The molecule has 4 heteroatoms. The lowest BCUT2D eigenvalue weighted by Crippen LogP contribution is -2.12. The van der Waals surface area contributed by atoms with Crippen molar-refractivity contribution in [1.82, 2.24) is 0 Å². The maximum absolute atomic E-state index is 10.5.